The molecular formula is C9H11NO4S. The van der Waals surface area contributed by atoms with Gasteiger partial charge < -0.3 is 4.74 Å². The van der Waals surface area contributed by atoms with E-state index in [1.54, 1.807) is 6.07 Å². The SMILES string of the molecule is COc1ccc(C=O)cc1NS(C)(=O)=O. The molecule has 1 aromatic rings. The zero-order valence-electron chi connectivity index (χ0n) is 8.35. The summed E-state index contributed by atoms with van der Waals surface area (Å²) in [5.41, 5.74) is 0.631. The van der Waals surface area contributed by atoms with Crippen LogP contribution in [0.1, 0.15) is 10.4 Å². The summed E-state index contributed by atoms with van der Waals surface area (Å²) in [6.07, 6.45) is 1.66. The Balaban J connectivity index is 3.17. The number of sulfonamides is 1. The Morgan fingerprint density at radius 2 is 2.07 bits per heavy atom. The minimum Gasteiger partial charge on any atom is -0.495 e. The molecule has 0 aromatic heterocycles. The van der Waals surface area contributed by atoms with Gasteiger partial charge in [0.05, 0.1) is 19.1 Å². The summed E-state index contributed by atoms with van der Waals surface area (Å²) in [6.45, 7) is 0. The molecule has 0 aliphatic heterocycles. The minimum atomic E-state index is -3.38. The largest absolute Gasteiger partial charge is 0.495 e. The third kappa shape index (κ3) is 3.25. The van der Waals surface area contributed by atoms with E-state index in [0.717, 1.165) is 6.26 Å². The highest BCUT2D eigenvalue weighted by Gasteiger charge is 2.08. The second kappa shape index (κ2) is 4.31. The Morgan fingerprint density at radius 3 is 2.53 bits per heavy atom. The molecule has 0 radical (unpaired) electrons. The van der Waals surface area contributed by atoms with Gasteiger partial charge in [0, 0.05) is 5.56 Å². The van der Waals surface area contributed by atoms with E-state index in [2.05, 4.69) is 4.72 Å². The van der Waals surface area contributed by atoms with Gasteiger partial charge in [-0.3, -0.25) is 9.52 Å². The van der Waals surface area contributed by atoms with Crippen LogP contribution in [-0.4, -0.2) is 28.1 Å². The summed E-state index contributed by atoms with van der Waals surface area (Å²) in [4.78, 5) is 10.5. The highest BCUT2D eigenvalue weighted by Crippen LogP contribution is 2.25. The van der Waals surface area contributed by atoms with Gasteiger partial charge in [0.15, 0.2) is 0 Å². The van der Waals surface area contributed by atoms with Gasteiger partial charge in [0.1, 0.15) is 12.0 Å². The van der Waals surface area contributed by atoms with Crippen LogP contribution in [0.2, 0.25) is 0 Å². The van der Waals surface area contributed by atoms with Crippen LogP contribution in [0.4, 0.5) is 5.69 Å². The Morgan fingerprint density at radius 1 is 1.40 bits per heavy atom. The van der Waals surface area contributed by atoms with Gasteiger partial charge in [-0.05, 0) is 18.2 Å². The van der Waals surface area contributed by atoms with Crippen molar-refractivity contribution in [3.05, 3.63) is 23.8 Å². The van der Waals surface area contributed by atoms with E-state index in [-0.39, 0.29) is 5.69 Å². The van der Waals surface area contributed by atoms with Gasteiger partial charge in [-0.1, -0.05) is 0 Å². The molecule has 0 unspecified atom stereocenters. The number of ether oxygens (including phenoxy) is 1. The van der Waals surface area contributed by atoms with Gasteiger partial charge in [0.2, 0.25) is 10.0 Å². The maximum Gasteiger partial charge on any atom is 0.229 e. The fourth-order valence-electron chi connectivity index (χ4n) is 1.08. The molecule has 15 heavy (non-hydrogen) atoms. The second-order valence-corrected chi connectivity index (χ2v) is 4.70. The zero-order chi connectivity index (χ0) is 11.5. The number of hydrogen-bond acceptors (Lipinski definition) is 4. The Hall–Kier alpha value is -1.56. The molecule has 0 saturated carbocycles. The van der Waals surface area contributed by atoms with Gasteiger partial charge in [-0.15, -0.1) is 0 Å². The third-order valence-electron chi connectivity index (χ3n) is 1.65. The Labute approximate surface area is 88.1 Å². The van der Waals surface area contributed by atoms with E-state index in [1.165, 1.54) is 19.2 Å². The molecule has 0 saturated heterocycles. The minimum absolute atomic E-state index is 0.254. The number of carbonyl (C=O) groups is 1. The third-order valence-corrected chi connectivity index (χ3v) is 2.25. The van der Waals surface area contributed by atoms with Gasteiger partial charge in [-0.2, -0.15) is 0 Å². The fraction of sp³-hybridized carbons (Fsp3) is 0.222. The molecule has 1 rings (SSSR count). The van der Waals surface area contributed by atoms with Crippen molar-refractivity contribution in [3.8, 4) is 5.75 Å². The first-order valence-electron chi connectivity index (χ1n) is 4.07. The molecule has 0 atom stereocenters. The number of hydrogen-bond donors (Lipinski definition) is 1. The van der Waals surface area contributed by atoms with E-state index >= 15 is 0 Å². The highest BCUT2D eigenvalue weighted by atomic mass is 32.2. The number of nitrogens with one attached hydrogen (secondary N) is 1. The van der Waals surface area contributed by atoms with E-state index in [1.807, 2.05) is 0 Å². The number of rotatable bonds is 4. The molecule has 0 fully saturated rings. The number of anilines is 1. The van der Waals surface area contributed by atoms with Crippen molar-refractivity contribution in [1.82, 2.24) is 0 Å². The van der Waals surface area contributed by atoms with Crippen molar-refractivity contribution in [2.75, 3.05) is 18.1 Å². The van der Waals surface area contributed by atoms with Crippen molar-refractivity contribution >= 4 is 22.0 Å². The van der Waals surface area contributed by atoms with Crippen LogP contribution in [0, 0.1) is 0 Å². The van der Waals surface area contributed by atoms with Gasteiger partial charge >= 0.3 is 0 Å². The molecule has 0 aliphatic carbocycles. The van der Waals surface area contributed by atoms with Gasteiger partial charge in [-0.25, -0.2) is 8.42 Å². The van der Waals surface area contributed by atoms with Crippen molar-refractivity contribution in [1.29, 1.82) is 0 Å². The topological polar surface area (TPSA) is 72.5 Å². The summed E-state index contributed by atoms with van der Waals surface area (Å²) in [5, 5.41) is 0. The quantitative estimate of drug-likeness (QED) is 0.778. The molecule has 82 valence electrons. The number of methoxy groups -OCH3 is 1. The van der Waals surface area contributed by atoms with Crippen molar-refractivity contribution < 1.29 is 17.9 Å². The molecule has 5 nitrogen and oxygen atoms in total. The van der Waals surface area contributed by atoms with E-state index in [0.29, 0.717) is 17.6 Å². The summed E-state index contributed by atoms with van der Waals surface area (Å²) < 4.78 is 29.2. The van der Waals surface area contributed by atoms with E-state index in [4.69, 9.17) is 4.74 Å². The van der Waals surface area contributed by atoms with Crippen LogP contribution < -0.4 is 9.46 Å². The first-order chi connectivity index (χ1) is 6.96. The average Bonchev–Trinajstić information content (AvgIpc) is 2.15. The molecule has 1 aromatic carbocycles. The number of aldehydes is 1. The summed E-state index contributed by atoms with van der Waals surface area (Å²) >= 11 is 0. The number of carbonyl (C=O) groups excluding carboxylic acids is 1. The van der Waals surface area contributed by atoms with Crippen LogP contribution in [-0.2, 0) is 10.0 Å². The van der Waals surface area contributed by atoms with Crippen molar-refractivity contribution in [2.45, 2.75) is 0 Å². The Bertz CT molecular complexity index is 467. The normalized spacial score (nSPS) is 10.8. The van der Waals surface area contributed by atoms with Crippen LogP contribution in [0.3, 0.4) is 0 Å². The first-order valence-corrected chi connectivity index (χ1v) is 5.96. The summed E-state index contributed by atoms with van der Waals surface area (Å²) in [7, 11) is -1.96. The maximum atomic E-state index is 11.0. The predicted molar refractivity (Wildman–Crippen MR) is 56.8 cm³/mol. The molecule has 0 amide bonds. The second-order valence-electron chi connectivity index (χ2n) is 2.95. The molecular weight excluding hydrogens is 218 g/mol. The Kier molecular flexibility index (Phi) is 3.31. The highest BCUT2D eigenvalue weighted by molar-refractivity contribution is 7.92. The van der Waals surface area contributed by atoms with Crippen molar-refractivity contribution in [3.63, 3.8) is 0 Å². The molecule has 0 heterocycles. The first kappa shape index (κ1) is 11.5. The maximum absolute atomic E-state index is 11.0. The van der Waals surface area contributed by atoms with Gasteiger partial charge in [0.25, 0.3) is 0 Å². The van der Waals surface area contributed by atoms with E-state index < -0.39 is 10.0 Å². The summed E-state index contributed by atoms with van der Waals surface area (Å²) in [5.74, 6) is 0.367. The monoisotopic (exact) mass is 229 g/mol. The lowest BCUT2D eigenvalue weighted by Gasteiger charge is -2.09. The molecule has 0 aliphatic rings. The molecule has 0 bridgehead atoms. The molecule has 1 N–H and O–H groups in total. The number of benzene rings is 1. The lowest BCUT2D eigenvalue weighted by Crippen LogP contribution is -2.10. The molecule has 6 heteroatoms. The van der Waals surface area contributed by atoms with Crippen LogP contribution >= 0.6 is 0 Å². The fourth-order valence-corrected chi connectivity index (χ4v) is 1.64. The smallest absolute Gasteiger partial charge is 0.229 e. The lowest BCUT2D eigenvalue weighted by atomic mass is 10.2. The van der Waals surface area contributed by atoms with Crippen LogP contribution in [0.5, 0.6) is 5.75 Å². The zero-order valence-corrected chi connectivity index (χ0v) is 9.17. The predicted octanol–water partition coefficient (Wildman–Crippen LogP) is 0.879. The standard InChI is InChI=1S/C9H11NO4S/c1-14-9-4-3-7(6-11)5-8(9)10-15(2,12)13/h3-6,10H,1-2H3. The average molecular weight is 229 g/mol. The lowest BCUT2D eigenvalue weighted by molar-refractivity contribution is 0.112. The molecule has 0 spiro atoms. The van der Waals surface area contributed by atoms with Crippen molar-refractivity contribution in [2.24, 2.45) is 0 Å². The summed E-state index contributed by atoms with van der Waals surface area (Å²) in [6, 6.07) is 4.48. The van der Waals surface area contributed by atoms with E-state index in [9.17, 15) is 13.2 Å². The van der Waals surface area contributed by atoms with Crippen LogP contribution in [0.15, 0.2) is 18.2 Å². The van der Waals surface area contributed by atoms with Crippen LogP contribution in [0.25, 0.3) is 0 Å².